The van der Waals surface area contributed by atoms with E-state index < -0.39 is 0 Å². The number of hydrogen-bond acceptors (Lipinski definition) is 6. The number of carbonyl (C=O) groups is 1. The number of aryl methyl sites for hydroxylation is 1. The van der Waals surface area contributed by atoms with E-state index in [-0.39, 0.29) is 18.3 Å². The Kier molecular flexibility index (Phi) is 5.52. The molecule has 0 unspecified atom stereocenters. The molecule has 0 saturated heterocycles. The van der Waals surface area contributed by atoms with E-state index in [1.54, 1.807) is 25.3 Å². The molecule has 1 heterocycles. The lowest BCUT2D eigenvalue weighted by atomic mass is 10.1. The lowest BCUT2D eigenvalue weighted by Crippen LogP contribution is -2.20. The Hall–Kier alpha value is -2.87. The second-order valence-electron chi connectivity index (χ2n) is 5.43. The highest BCUT2D eigenvalue weighted by molar-refractivity contribution is 9.10. The van der Waals surface area contributed by atoms with E-state index in [2.05, 4.69) is 31.6 Å². The monoisotopic (exact) mass is 417 g/mol. The van der Waals surface area contributed by atoms with Crippen molar-refractivity contribution < 1.29 is 18.9 Å². The summed E-state index contributed by atoms with van der Waals surface area (Å²) in [5, 5.41) is 10.3. The number of amides is 1. The van der Waals surface area contributed by atoms with Crippen LogP contribution in [0.2, 0.25) is 0 Å². The van der Waals surface area contributed by atoms with Crippen LogP contribution < -0.4 is 14.8 Å². The Morgan fingerprint density at radius 2 is 1.88 bits per heavy atom. The zero-order chi connectivity index (χ0) is 18.5. The number of nitrogens with zero attached hydrogens (tertiary/aromatic N) is 2. The zero-order valence-electron chi connectivity index (χ0n) is 14.2. The molecule has 1 amide bonds. The molecule has 8 heteroatoms. The second kappa shape index (κ2) is 8.01. The van der Waals surface area contributed by atoms with Gasteiger partial charge in [0.15, 0.2) is 12.3 Å². The zero-order valence-corrected chi connectivity index (χ0v) is 15.7. The minimum Gasteiger partial charge on any atom is -0.497 e. The lowest BCUT2D eigenvalue weighted by molar-refractivity contribution is -0.118. The predicted octanol–water partition coefficient (Wildman–Crippen LogP) is 3.83. The lowest BCUT2D eigenvalue weighted by Gasteiger charge is -2.08. The number of anilines is 1. The summed E-state index contributed by atoms with van der Waals surface area (Å²) < 4.78 is 16.4. The molecule has 3 rings (SSSR count). The number of halogens is 1. The quantitative estimate of drug-likeness (QED) is 0.655. The first kappa shape index (κ1) is 17.9. The van der Waals surface area contributed by atoms with Crippen LogP contribution in [-0.4, -0.2) is 29.9 Å². The normalized spacial score (nSPS) is 10.4. The number of rotatable bonds is 6. The third-order valence-corrected chi connectivity index (χ3v) is 4.15. The van der Waals surface area contributed by atoms with E-state index in [9.17, 15) is 4.79 Å². The highest BCUT2D eigenvalue weighted by atomic mass is 79.9. The largest absolute Gasteiger partial charge is 0.497 e. The Labute approximate surface area is 158 Å². The molecule has 0 spiro atoms. The number of benzene rings is 2. The third kappa shape index (κ3) is 4.20. The van der Waals surface area contributed by atoms with Crippen molar-refractivity contribution in [2.24, 2.45) is 0 Å². The third-order valence-electron chi connectivity index (χ3n) is 3.62. The van der Waals surface area contributed by atoms with Crippen LogP contribution in [0.4, 0.5) is 5.82 Å². The van der Waals surface area contributed by atoms with Crippen LogP contribution in [0.25, 0.3) is 11.3 Å². The maximum absolute atomic E-state index is 12.1. The van der Waals surface area contributed by atoms with Crippen molar-refractivity contribution in [1.29, 1.82) is 0 Å². The van der Waals surface area contributed by atoms with Gasteiger partial charge in [0.2, 0.25) is 5.82 Å². The van der Waals surface area contributed by atoms with Gasteiger partial charge in [-0.25, -0.2) is 4.63 Å². The summed E-state index contributed by atoms with van der Waals surface area (Å²) in [6, 6.07) is 12.7. The molecule has 134 valence electrons. The summed E-state index contributed by atoms with van der Waals surface area (Å²) in [4.78, 5) is 12.1. The molecule has 7 nitrogen and oxygen atoms in total. The van der Waals surface area contributed by atoms with Gasteiger partial charge in [0.05, 0.1) is 7.11 Å². The highest BCUT2D eigenvalue weighted by Gasteiger charge is 2.17. The molecule has 0 radical (unpaired) electrons. The van der Waals surface area contributed by atoms with E-state index in [4.69, 9.17) is 14.1 Å². The van der Waals surface area contributed by atoms with E-state index in [0.29, 0.717) is 11.4 Å². The average Bonchev–Trinajstić information content (AvgIpc) is 3.09. The number of methoxy groups -OCH3 is 1. The van der Waals surface area contributed by atoms with Gasteiger partial charge >= 0.3 is 0 Å². The smallest absolute Gasteiger partial charge is 0.263 e. The van der Waals surface area contributed by atoms with Crippen LogP contribution in [0.15, 0.2) is 51.6 Å². The van der Waals surface area contributed by atoms with Gasteiger partial charge in [-0.3, -0.25) is 4.79 Å². The fourth-order valence-electron chi connectivity index (χ4n) is 2.32. The average molecular weight is 418 g/mol. The Bertz CT molecular complexity index is 909. The standard InChI is InChI=1S/C18H16BrN3O4/c1-11-9-14(24-2)7-8-15(11)17-18(22-26-21-17)20-16(23)10-25-13-5-3-12(19)4-6-13/h3-9H,10H2,1-2H3,(H,20,22,23). The summed E-state index contributed by atoms with van der Waals surface area (Å²) in [6.45, 7) is 1.75. The highest BCUT2D eigenvalue weighted by Crippen LogP contribution is 2.29. The van der Waals surface area contributed by atoms with E-state index in [1.165, 1.54) is 0 Å². The minimum atomic E-state index is -0.365. The van der Waals surface area contributed by atoms with Gasteiger partial charge < -0.3 is 14.8 Å². The van der Waals surface area contributed by atoms with E-state index in [1.807, 2.05) is 31.2 Å². The molecule has 1 N–H and O–H groups in total. The topological polar surface area (TPSA) is 86.5 Å². The summed E-state index contributed by atoms with van der Waals surface area (Å²) >= 11 is 3.34. The molecule has 2 aromatic carbocycles. The summed E-state index contributed by atoms with van der Waals surface area (Å²) in [7, 11) is 1.60. The number of hydrogen-bond donors (Lipinski definition) is 1. The fourth-order valence-corrected chi connectivity index (χ4v) is 2.59. The van der Waals surface area contributed by atoms with Crippen LogP contribution in [0.5, 0.6) is 11.5 Å². The maximum atomic E-state index is 12.1. The number of carbonyl (C=O) groups excluding carboxylic acids is 1. The van der Waals surface area contributed by atoms with Crippen molar-refractivity contribution in [3.05, 3.63) is 52.5 Å². The molecule has 0 bridgehead atoms. The van der Waals surface area contributed by atoms with Gasteiger partial charge in [0.25, 0.3) is 5.91 Å². The van der Waals surface area contributed by atoms with E-state index >= 15 is 0 Å². The molecular weight excluding hydrogens is 402 g/mol. The predicted molar refractivity (Wildman–Crippen MR) is 99.3 cm³/mol. The van der Waals surface area contributed by atoms with E-state index in [0.717, 1.165) is 21.3 Å². The van der Waals surface area contributed by atoms with Crippen molar-refractivity contribution in [3.8, 4) is 22.8 Å². The molecule has 1 aromatic heterocycles. The first-order chi connectivity index (χ1) is 12.6. The first-order valence-electron chi connectivity index (χ1n) is 7.72. The van der Waals surface area contributed by atoms with Gasteiger partial charge in [0.1, 0.15) is 11.5 Å². The molecule has 0 aliphatic rings. The van der Waals surface area contributed by atoms with Crippen molar-refractivity contribution in [3.63, 3.8) is 0 Å². The molecule has 0 saturated carbocycles. The Morgan fingerprint density at radius 1 is 1.15 bits per heavy atom. The molecule has 0 fully saturated rings. The van der Waals surface area contributed by atoms with Crippen LogP contribution >= 0.6 is 15.9 Å². The van der Waals surface area contributed by atoms with Gasteiger partial charge in [-0.1, -0.05) is 15.9 Å². The van der Waals surface area contributed by atoms with Gasteiger partial charge in [-0.2, -0.15) is 0 Å². The number of aromatic nitrogens is 2. The van der Waals surface area contributed by atoms with Crippen LogP contribution in [0.1, 0.15) is 5.56 Å². The Morgan fingerprint density at radius 3 is 2.58 bits per heavy atom. The summed E-state index contributed by atoms with van der Waals surface area (Å²) in [5.74, 6) is 1.20. The molecule has 26 heavy (non-hydrogen) atoms. The summed E-state index contributed by atoms with van der Waals surface area (Å²) in [5.41, 5.74) is 2.15. The van der Waals surface area contributed by atoms with Gasteiger partial charge in [-0.05, 0) is 65.3 Å². The molecule has 0 atom stereocenters. The maximum Gasteiger partial charge on any atom is 0.263 e. The molecular formula is C18H16BrN3O4. The number of nitrogens with one attached hydrogen (secondary N) is 1. The Balaban J connectivity index is 1.68. The van der Waals surface area contributed by atoms with Crippen molar-refractivity contribution in [2.45, 2.75) is 6.92 Å². The van der Waals surface area contributed by atoms with Crippen molar-refractivity contribution in [2.75, 3.05) is 19.0 Å². The second-order valence-corrected chi connectivity index (χ2v) is 6.35. The summed E-state index contributed by atoms with van der Waals surface area (Å²) in [6.07, 6.45) is 0. The fraction of sp³-hybridized carbons (Fsp3) is 0.167. The minimum absolute atomic E-state index is 0.157. The van der Waals surface area contributed by atoms with Crippen LogP contribution in [0, 0.1) is 6.92 Å². The number of ether oxygens (including phenoxy) is 2. The molecule has 0 aliphatic carbocycles. The van der Waals surface area contributed by atoms with Crippen molar-refractivity contribution >= 4 is 27.7 Å². The van der Waals surface area contributed by atoms with Crippen LogP contribution in [0.3, 0.4) is 0 Å². The van der Waals surface area contributed by atoms with Gasteiger partial charge in [-0.15, -0.1) is 0 Å². The molecule has 3 aromatic rings. The first-order valence-corrected chi connectivity index (χ1v) is 8.52. The SMILES string of the molecule is COc1ccc(-c2nonc2NC(=O)COc2ccc(Br)cc2)c(C)c1. The van der Waals surface area contributed by atoms with Crippen LogP contribution in [-0.2, 0) is 4.79 Å². The molecule has 0 aliphatic heterocycles. The van der Waals surface area contributed by atoms with Crippen molar-refractivity contribution in [1.82, 2.24) is 10.3 Å². The van der Waals surface area contributed by atoms with Gasteiger partial charge in [0, 0.05) is 10.0 Å².